The molecule has 2 aromatic rings. The van der Waals surface area contributed by atoms with Gasteiger partial charge in [0.2, 0.25) is 0 Å². The van der Waals surface area contributed by atoms with E-state index >= 15 is 0 Å². The Morgan fingerprint density at radius 2 is 2.05 bits per heavy atom. The van der Waals surface area contributed by atoms with Crippen molar-refractivity contribution in [3.63, 3.8) is 0 Å². The number of ether oxygens (including phenoxy) is 1. The van der Waals surface area contributed by atoms with Crippen LogP contribution in [0.1, 0.15) is 18.9 Å². The second-order valence-corrected chi connectivity index (χ2v) is 5.49. The van der Waals surface area contributed by atoms with Gasteiger partial charge in [-0.25, -0.2) is 0 Å². The van der Waals surface area contributed by atoms with Crippen molar-refractivity contribution in [2.75, 3.05) is 13.2 Å². The highest BCUT2D eigenvalue weighted by atomic mass is 35.5. The molecule has 0 atom stereocenters. The maximum atomic E-state index is 5.90. The van der Waals surface area contributed by atoms with Crippen LogP contribution in [0.3, 0.4) is 0 Å². The van der Waals surface area contributed by atoms with Crippen molar-refractivity contribution in [3.8, 4) is 5.75 Å². The van der Waals surface area contributed by atoms with Gasteiger partial charge in [0.05, 0.1) is 5.03 Å². The first-order chi connectivity index (χ1) is 10.3. The Morgan fingerprint density at radius 3 is 2.81 bits per heavy atom. The summed E-state index contributed by atoms with van der Waals surface area (Å²) in [5, 5.41) is 6.32. The highest BCUT2D eigenvalue weighted by Crippen LogP contribution is 2.28. The van der Waals surface area contributed by atoms with E-state index in [1.54, 1.807) is 0 Å². The predicted octanol–water partition coefficient (Wildman–Crippen LogP) is 5.04. The molecule has 0 unspecified atom stereocenters. The molecule has 0 aliphatic carbocycles. The maximum absolute atomic E-state index is 5.90. The van der Waals surface area contributed by atoms with Gasteiger partial charge in [0.25, 0.3) is 0 Å². The summed E-state index contributed by atoms with van der Waals surface area (Å²) in [6.07, 6.45) is 1.10. The van der Waals surface area contributed by atoms with E-state index in [1.165, 1.54) is 16.3 Å². The molecule has 0 saturated heterocycles. The molecule has 0 spiro atoms. The van der Waals surface area contributed by atoms with Crippen LogP contribution in [0, 0.1) is 0 Å². The third kappa shape index (κ3) is 4.37. The van der Waals surface area contributed by atoms with Crippen LogP contribution < -0.4 is 10.1 Å². The van der Waals surface area contributed by atoms with Crippen molar-refractivity contribution in [1.82, 2.24) is 5.32 Å². The van der Waals surface area contributed by atoms with Gasteiger partial charge in [-0.1, -0.05) is 60.5 Å². The van der Waals surface area contributed by atoms with Crippen molar-refractivity contribution in [2.45, 2.75) is 19.9 Å². The van der Waals surface area contributed by atoms with E-state index in [4.69, 9.17) is 27.9 Å². The average Bonchev–Trinajstić information content (AvgIpc) is 2.53. The number of hydrogen-bond donors (Lipinski definition) is 1. The molecule has 0 bridgehead atoms. The molecule has 1 N–H and O–H groups in total. The largest absolute Gasteiger partial charge is 0.488 e. The summed E-state index contributed by atoms with van der Waals surface area (Å²) in [5.41, 5.74) is 2.48. The molecule has 0 saturated carbocycles. The second-order valence-electron chi connectivity index (χ2n) is 4.78. The molecule has 0 radical (unpaired) electrons. The summed E-state index contributed by atoms with van der Waals surface area (Å²) in [4.78, 5) is 0. The number of hydrogen-bond acceptors (Lipinski definition) is 2. The van der Waals surface area contributed by atoms with Crippen molar-refractivity contribution >= 4 is 34.0 Å². The third-order valence-corrected chi connectivity index (χ3v) is 3.80. The monoisotopic (exact) mass is 323 g/mol. The summed E-state index contributed by atoms with van der Waals surface area (Å²) >= 11 is 11.5. The lowest BCUT2D eigenvalue weighted by molar-refractivity contribution is 0.355. The Hall–Kier alpha value is -1.22. The van der Waals surface area contributed by atoms with E-state index in [0.717, 1.165) is 30.8 Å². The van der Waals surface area contributed by atoms with Gasteiger partial charge in [0.15, 0.2) is 0 Å². The summed E-state index contributed by atoms with van der Waals surface area (Å²) < 4.78 is 5.80. The minimum Gasteiger partial charge on any atom is -0.488 e. The first-order valence-electron chi connectivity index (χ1n) is 7.05. The van der Waals surface area contributed by atoms with Gasteiger partial charge in [-0.2, -0.15) is 0 Å². The number of nitrogens with one attached hydrogen (secondary N) is 1. The van der Waals surface area contributed by atoms with Crippen LogP contribution in [-0.4, -0.2) is 13.2 Å². The molecule has 2 rings (SSSR count). The summed E-state index contributed by atoms with van der Waals surface area (Å²) in [6, 6.07) is 12.4. The lowest BCUT2D eigenvalue weighted by Gasteiger charge is -2.14. The van der Waals surface area contributed by atoms with E-state index in [-0.39, 0.29) is 6.61 Å². The minimum atomic E-state index is 0.282. The first-order valence-corrected chi connectivity index (χ1v) is 7.86. The molecule has 0 fully saturated rings. The molecule has 4 heteroatoms. The third-order valence-electron chi connectivity index (χ3n) is 3.21. The smallest absolute Gasteiger partial charge is 0.125 e. The van der Waals surface area contributed by atoms with Crippen LogP contribution in [0.5, 0.6) is 5.75 Å². The zero-order chi connectivity index (χ0) is 15.1. The first kappa shape index (κ1) is 16.2. The van der Waals surface area contributed by atoms with E-state index in [9.17, 15) is 0 Å². The zero-order valence-electron chi connectivity index (χ0n) is 12.0. The zero-order valence-corrected chi connectivity index (χ0v) is 13.5. The van der Waals surface area contributed by atoms with Gasteiger partial charge in [-0.15, -0.1) is 0 Å². The molecule has 112 valence electrons. The van der Waals surface area contributed by atoms with Crippen molar-refractivity contribution in [1.29, 1.82) is 0 Å². The number of benzene rings is 2. The van der Waals surface area contributed by atoms with Gasteiger partial charge >= 0.3 is 0 Å². The Kier molecular flexibility index (Phi) is 6.37. The SMILES string of the molecule is CCCNCc1c(OCC(Cl)=CCl)ccc2ccccc12. The highest BCUT2D eigenvalue weighted by Gasteiger charge is 2.09. The van der Waals surface area contributed by atoms with Gasteiger partial charge in [-0.05, 0) is 29.8 Å². The van der Waals surface area contributed by atoms with E-state index in [1.807, 2.05) is 18.2 Å². The Bertz CT molecular complexity index is 625. The normalized spacial score (nSPS) is 11.9. The standard InChI is InChI=1S/C17H19Cl2NO/c1-2-9-20-11-16-15-6-4-3-5-13(15)7-8-17(16)21-12-14(19)10-18/h3-8,10,20H,2,9,11-12H2,1H3. The fourth-order valence-corrected chi connectivity index (χ4v) is 2.32. The highest BCUT2D eigenvalue weighted by molar-refractivity contribution is 6.36. The average molecular weight is 324 g/mol. The summed E-state index contributed by atoms with van der Waals surface area (Å²) in [7, 11) is 0. The van der Waals surface area contributed by atoms with Crippen LogP contribution >= 0.6 is 23.2 Å². The van der Waals surface area contributed by atoms with Crippen LogP contribution in [0.2, 0.25) is 0 Å². The van der Waals surface area contributed by atoms with Gasteiger partial charge in [0.1, 0.15) is 12.4 Å². The number of halogens is 2. The minimum absolute atomic E-state index is 0.282. The molecular formula is C17H19Cl2NO. The summed E-state index contributed by atoms with van der Waals surface area (Å²) in [5.74, 6) is 0.842. The molecule has 0 aromatic heterocycles. The van der Waals surface area contributed by atoms with Crippen LogP contribution in [0.4, 0.5) is 0 Å². The molecule has 0 amide bonds. The topological polar surface area (TPSA) is 21.3 Å². The number of rotatable bonds is 7. The fourth-order valence-electron chi connectivity index (χ4n) is 2.20. The molecular weight excluding hydrogens is 305 g/mol. The van der Waals surface area contributed by atoms with Crippen LogP contribution in [0.15, 0.2) is 47.0 Å². The lowest BCUT2D eigenvalue weighted by atomic mass is 10.0. The number of fused-ring (bicyclic) bond motifs is 1. The maximum Gasteiger partial charge on any atom is 0.125 e. The van der Waals surface area contributed by atoms with Gasteiger partial charge < -0.3 is 10.1 Å². The van der Waals surface area contributed by atoms with Crippen molar-refractivity contribution in [3.05, 3.63) is 52.5 Å². The Balaban J connectivity index is 2.31. The van der Waals surface area contributed by atoms with E-state index < -0.39 is 0 Å². The summed E-state index contributed by atoms with van der Waals surface area (Å²) in [6.45, 7) is 4.18. The molecule has 2 aromatic carbocycles. The molecule has 0 aliphatic heterocycles. The lowest BCUT2D eigenvalue weighted by Crippen LogP contribution is -2.15. The second kappa shape index (κ2) is 8.28. The van der Waals surface area contributed by atoms with Crippen LogP contribution in [0.25, 0.3) is 10.8 Å². The van der Waals surface area contributed by atoms with E-state index in [2.05, 4.69) is 30.4 Å². The van der Waals surface area contributed by atoms with Crippen LogP contribution in [-0.2, 0) is 6.54 Å². The molecule has 0 aliphatic rings. The van der Waals surface area contributed by atoms with Gasteiger partial charge in [0, 0.05) is 17.6 Å². The Morgan fingerprint density at radius 1 is 1.24 bits per heavy atom. The predicted molar refractivity (Wildman–Crippen MR) is 91.2 cm³/mol. The van der Waals surface area contributed by atoms with Gasteiger partial charge in [-0.3, -0.25) is 0 Å². The quantitative estimate of drug-likeness (QED) is 0.721. The fraction of sp³-hybridized carbons (Fsp3) is 0.294. The molecule has 0 heterocycles. The van der Waals surface area contributed by atoms with Crippen molar-refractivity contribution in [2.24, 2.45) is 0 Å². The van der Waals surface area contributed by atoms with E-state index in [0.29, 0.717) is 5.03 Å². The van der Waals surface area contributed by atoms with Crippen molar-refractivity contribution < 1.29 is 4.74 Å². The Labute approximate surface area is 135 Å². The molecule has 2 nitrogen and oxygen atoms in total. The molecule has 21 heavy (non-hydrogen) atoms.